The van der Waals surface area contributed by atoms with Gasteiger partial charge in [-0.05, 0) is 62.7 Å². The lowest BCUT2D eigenvalue weighted by Gasteiger charge is -2.45. The Bertz CT molecular complexity index is 676. The van der Waals surface area contributed by atoms with E-state index >= 15 is 0 Å². The van der Waals surface area contributed by atoms with E-state index in [0.717, 1.165) is 17.7 Å². The number of isothiocyanates is 1. The van der Waals surface area contributed by atoms with Gasteiger partial charge in [0.1, 0.15) is 0 Å². The van der Waals surface area contributed by atoms with E-state index in [1.807, 2.05) is 36.9 Å². The number of thiocarbonyl (C=S) groups is 1. The van der Waals surface area contributed by atoms with Gasteiger partial charge < -0.3 is 10.1 Å². The van der Waals surface area contributed by atoms with Gasteiger partial charge in [-0.25, -0.2) is 9.79 Å². The number of carbonyl (C=O) groups is 1. The molecular weight excluding hydrogens is 358 g/mol. The Labute approximate surface area is 159 Å². The molecule has 0 unspecified atom stereocenters. The van der Waals surface area contributed by atoms with Gasteiger partial charge in [-0.2, -0.15) is 0 Å². The fraction of sp³-hybridized carbons (Fsp3) is 0.556. The van der Waals surface area contributed by atoms with Crippen LogP contribution in [-0.2, 0) is 17.7 Å². The molecule has 1 atom stereocenters. The number of nitrogens with zero attached hydrogens (tertiary/aromatic N) is 2. The van der Waals surface area contributed by atoms with Crippen molar-refractivity contribution in [1.82, 2.24) is 10.2 Å². The molecule has 1 saturated heterocycles. The van der Waals surface area contributed by atoms with Crippen LogP contribution in [0.5, 0.6) is 0 Å². The second kappa shape index (κ2) is 8.77. The van der Waals surface area contributed by atoms with Crippen molar-refractivity contribution >= 4 is 35.1 Å². The van der Waals surface area contributed by atoms with Gasteiger partial charge in [0.15, 0.2) is 0 Å². The Hall–Kier alpha value is -1.46. The van der Waals surface area contributed by atoms with Gasteiger partial charge in [0.05, 0.1) is 23.3 Å². The molecule has 0 saturated carbocycles. The summed E-state index contributed by atoms with van der Waals surface area (Å²) in [6.07, 6.45) is 0.223. The molecule has 136 valence electrons. The Morgan fingerprint density at radius 3 is 2.96 bits per heavy atom. The molecule has 5 nitrogen and oxygen atoms in total. The number of halogens is 1. The van der Waals surface area contributed by atoms with Crippen LogP contribution in [0.1, 0.15) is 31.9 Å². The number of rotatable bonds is 5. The zero-order valence-electron chi connectivity index (χ0n) is 14.8. The molecule has 1 aromatic carbocycles. The molecule has 1 fully saturated rings. The number of aliphatic imine (C=N–C) groups is 1. The second-order valence-corrected chi connectivity index (χ2v) is 7.37. The maximum absolute atomic E-state index is 12.5. The normalized spacial score (nSPS) is 20.3. The van der Waals surface area contributed by atoms with Crippen LogP contribution in [0.15, 0.2) is 23.2 Å². The zero-order chi connectivity index (χ0) is 18.4. The maximum atomic E-state index is 12.5. The van der Waals surface area contributed by atoms with Gasteiger partial charge >= 0.3 is 6.09 Å². The van der Waals surface area contributed by atoms with Crippen LogP contribution in [0.3, 0.4) is 0 Å². The van der Waals surface area contributed by atoms with Gasteiger partial charge in [-0.1, -0.05) is 17.7 Å². The lowest BCUT2D eigenvalue weighted by atomic mass is 9.87. The summed E-state index contributed by atoms with van der Waals surface area (Å²) >= 11 is 10.9. The quantitative estimate of drug-likeness (QED) is 0.624. The fourth-order valence-electron chi connectivity index (χ4n) is 3.09. The maximum Gasteiger partial charge on any atom is 0.410 e. The first-order valence-electron chi connectivity index (χ1n) is 8.35. The molecule has 0 radical (unpaired) electrons. The van der Waals surface area contributed by atoms with Crippen LogP contribution >= 0.6 is 23.8 Å². The molecule has 1 N–H and O–H groups in total. The van der Waals surface area contributed by atoms with E-state index < -0.39 is 5.54 Å². The van der Waals surface area contributed by atoms with Crippen molar-refractivity contribution in [1.29, 1.82) is 0 Å². The lowest BCUT2D eigenvalue weighted by Crippen LogP contribution is -2.62. The summed E-state index contributed by atoms with van der Waals surface area (Å²) < 4.78 is 5.43. The van der Waals surface area contributed by atoms with Gasteiger partial charge in [0.2, 0.25) is 0 Å². The molecule has 7 heteroatoms. The average Bonchev–Trinajstić information content (AvgIpc) is 2.53. The van der Waals surface area contributed by atoms with Crippen molar-refractivity contribution < 1.29 is 9.53 Å². The summed E-state index contributed by atoms with van der Waals surface area (Å²) in [6, 6.07) is 5.72. The van der Waals surface area contributed by atoms with E-state index in [4.69, 9.17) is 16.3 Å². The first-order valence-corrected chi connectivity index (χ1v) is 9.14. The minimum absolute atomic E-state index is 0.148. The summed E-state index contributed by atoms with van der Waals surface area (Å²) in [5.41, 5.74) is 1.67. The molecule has 1 heterocycles. The molecule has 0 aromatic heterocycles. The van der Waals surface area contributed by atoms with Gasteiger partial charge in [-0.15, -0.1) is 0 Å². The Kier molecular flexibility index (Phi) is 6.96. The molecule has 1 aliphatic rings. The molecule has 0 bridgehead atoms. The van der Waals surface area contributed by atoms with Crippen molar-refractivity contribution in [2.45, 2.75) is 45.4 Å². The highest BCUT2D eigenvalue weighted by atomic mass is 35.5. The van der Waals surface area contributed by atoms with Crippen LogP contribution in [0.25, 0.3) is 0 Å². The van der Waals surface area contributed by atoms with Crippen molar-refractivity contribution in [2.75, 3.05) is 19.6 Å². The SMILES string of the molecule is CC(C)OC(=O)N1CCNC[C@]1(C)Cc1cc(Cl)ccc1CN=C=S. The van der Waals surface area contributed by atoms with Crippen molar-refractivity contribution in [3.8, 4) is 0 Å². The van der Waals surface area contributed by atoms with Gasteiger partial charge in [0.25, 0.3) is 0 Å². The topological polar surface area (TPSA) is 53.9 Å². The molecular formula is C18H24ClN3O2S. The number of piperazine rings is 1. The Morgan fingerprint density at radius 1 is 1.52 bits per heavy atom. The largest absolute Gasteiger partial charge is 0.447 e. The highest BCUT2D eigenvalue weighted by Crippen LogP contribution is 2.27. The lowest BCUT2D eigenvalue weighted by molar-refractivity contribution is 0.0272. The first-order chi connectivity index (χ1) is 11.9. The molecule has 0 aliphatic carbocycles. The summed E-state index contributed by atoms with van der Waals surface area (Å²) in [4.78, 5) is 18.4. The van der Waals surface area contributed by atoms with Crippen molar-refractivity contribution in [3.05, 3.63) is 34.3 Å². The van der Waals surface area contributed by atoms with E-state index in [1.165, 1.54) is 0 Å². The van der Waals surface area contributed by atoms with Crippen LogP contribution in [0.2, 0.25) is 5.02 Å². The molecule has 1 aliphatic heterocycles. The van der Waals surface area contributed by atoms with E-state index in [1.54, 1.807) is 0 Å². The standard InChI is InChI=1S/C18H24ClN3O2S/c1-13(2)24-17(23)22-7-6-20-11-18(22,3)9-15-8-16(19)5-4-14(15)10-21-12-25/h4-5,8,13,20H,6-7,9-11H2,1-3H3/t18-/m0/s1. The number of benzene rings is 1. The molecule has 25 heavy (non-hydrogen) atoms. The number of hydrogen-bond acceptors (Lipinski definition) is 5. The Morgan fingerprint density at radius 2 is 2.28 bits per heavy atom. The molecule has 2 rings (SSSR count). The van der Waals surface area contributed by atoms with Gasteiger partial charge in [0, 0.05) is 24.7 Å². The number of hydrogen-bond donors (Lipinski definition) is 1. The Balaban J connectivity index is 2.29. The fourth-order valence-corrected chi connectivity index (χ4v) is 3.35. The summed E-state index contributed by atoms with van der Waals surface area (Å²) in [5, 5.41) is 6.44. The number of nitrogens with one attached hydrogen (secondary N) is 1. The minimum atomic E-state index is -0.412. The van der Waals surface area contributed by atoms with Crippen LogP contribution in [-0.4, -0.2) is 47.4 Å². The second-order valence-electron chi connectivity index (χ2n) is 6.76. The molecule has 1 aromatic rings. The van der Waals surface area contributed by atoms with E-state index in [2.05, 4.69) is 34.6 Å². The third kappa shape index (κ3) is 5.25. The minimum Gasteiger partial charge on any atom is -0.447 e. The molecule has 0 spiro atoms. The molecule has 1 amide bonds. The van der Waals surface area contributed by atoms with Crippen LogP contribution in [0, 0.1) is 0 Å². The number of ether oxygens (including phenoxy) is 1. The van der Waals surface area contributed by atoms with E-state index in [9.17, 15) is 4.79 Å². The number of carbonyl (C=O) groups excluding carboxylic acids is 1. The third-order valence-electron chi connectivity index (χ3n) is 4.28. The monoisotopic (exact) mass is 381 g/mol. The summed E-state index contributed by atoms with van der Waals surface area (Å²) in [5.74, 6) is 0. The van der Waals surface area contributed by atoms with Crippen LogP contribution < -0.4 is 5.32 Å². The van der Waals surface area contributed by atoms with Crippen molar-refractivity contribution in [2.24, 2.45) is 4.99 Å². The summed E-state index contributed by atoms with van der Waals surface area (Å²) in [6.45, 7) is 8.27. The van der Waals surface area contributed by atoms with E-state index in [0.29, 0.717) is 31.1 Å². The smallest absolute Gasteiger partial charge is 0.410 e. The van der Waals surface area contributed by atoms with Gasteiger partial charge in [-0.3, -0.25) is 4.90 Å². The third-order valence-corrected chi connectivity index (χ3v) is 4.64. The van der Waals surface area contributed by atoms with Crippen LogP contribution in [0.4, 0.5) is 4.79 Å². The van der Waals surface area contributed by atoms with Crippen molar-refractivity contribution in [3.63, 3.8) is 0 Å². The summed E-state index contributed by atoms with van der Waals surface area (Å²) in [7, 11) is 0. The highest BCUT2D eigenvalue weighted by Gasteiger charge is 2.39. The first kappa shape index (κ1) is 19.9. The van der Waals surface area contributed by atoms with E-state index in [-0.39, 0.29) is 12.2 Å². The number of amides is 1. The predicted molar refractivity (Wildman–Crippen MR) is 103 cm³/mol. The zero-order valence-corrected chi connectivity index (χ0v) is 16.4. The highest BCUT2D eigenvalue weighted by molar-refractivity contribution is 7.78. The average molecular weight is 382 g/mol. The predicted octanol–water partition coefficient (Wildman–Crippen LogP) is 3.69.